The highest BCUT2D eigenvalue weighted by atomic mass is 32.2. The summed E-state index contributed by atoms with van der Waals surface area (Å²) in [7, 11) is -3.59. The predicted octanol–water partition coefficient (Wildman–Crippen LogP) is 0.468. The molecule has 0 aliphatic carbocycles. The summed E-state index contributed by atoms with van der Waals surface area (Å²) in [6.07, 6.45) is -3.72. The van der Waals surface area contributed by atoms with Gasteiger partial charge in [-0.15, -0.1) is 0 Å². The quantitative estimate of drug-likeness (QED) is 0.775. The lowest BCUT2D eigenvalue weighted by Crippen LogP contribution is -2.52. The monoisotopic (exact) mass is 260 g/mol. The second-order valence-electron chi connectivity index (χ2n) is 4.12. The van der Waals surface area contributed by atoms with Gasteiger partial charge in [0.2, 0.25) is 10.0 Å². The largest absolute Gasteiger partial charge is 0.395 e. The fourth-order valence-corrected chi connectivity index (χ4v) is 2.27. The number of nitrogens with one attached hydrogen (secondary N) is 2. The lowest BCUT2D eigenvalue weighted by Gasteiger charge is -2.39. The van der Waals surface area contributed by atoms with E-state index in [9.17, 15) is 21.6 Å². The Kier molecular flexibility index (Phi) is 3.86. The van der Waals surface area contributed by atoms with Gasteiger partial charge in [-0.05, 0) is 25.9 Å². The molecule has 0 unspecified atom stereocenters. The third-order valence-corrected chi connectivity index (χ3v) is 3.50. The van der Waals surface area contributed by atoms with E-state index in [4.69, 9.17) is 0 Å². The molecular formula is C8H15F3N2O2S. The van der Waals surface area contributed by atoms with Gasteiger partial charge < -0.3 is 5.32 Å². The van der Waals surface area contributed by atoms with Crippen LogP contribution in [0.1, 0.15) is 12.8 Å². The van der Waals surface area contributed by atoms with Crippen LogP contribution in [0.4, 0.5) is 13.2 Å². The fourth-order valence-electron chi connectivity index (χ4n) is 1.74. The zero-order valence-electron chi connectivity index (χ0n) is 8.89. The minimum absolute atomic E-state index is 0.0982. The van der Waals surface area contributed by atoms with Gasteiger partial charge in [-0.3, -0.25) is 0 Å². The van der Waals surface area contributed by atoms with E-state index in [1.54, 1.807) is 0 Å². The molecule has 0 aromatic rings. The summed E-state index contributed by atoms with van der Waals surface area (Å²) in [6.45, 7) is -0.0626. The van der Waals surface area contributed by atoms with Gasteiger partial charge in [-0.25, -0.2) is 13.1 Å². The molecule has 0 amide bonds. The smallest absolute Gasteiger partial charge is 0.317 e. The Balaban J connectivity index is 2.79. The van der Waals surface area contributed by atoms with E-state index in [1.807, 2.05) is 4.72 Å². The molecule has 0 atom stereocenters. The summed E-state index contributed by atoms with van der Waals surface area (Å²) < 4.78 is 62.4. The lowest BCUT2D eigenvalue weighted by atomic mass is 9.78. The maximum absolute atomic E-state index is 12.9. The maximum Gasteiger partial charge on any atom is 0.395 e. The molecule has 1 fully saturated rings. The number of rotatable bonds is 3. The first-order chi connectivity index (χ1) is 7.16. The zero-order valence-corrected chi connectivity index (χ0v) is 9.71. The Morgan fingerprint density at radius 3 is 2.19 bits per heavy atom. The van der Waals surface area contributed by atoms with Crippen molar-refractivity contribution in [3.63, 3.8) is 0 Å². The molecule has 96 valence electrons. The van der Waals surface area contributed by atoms with Crippen molar-refractivity contribution in [1.29, 1.82) is 0 Å². The average Bonchev–Trinajstić information content (AvgIpc) is 2.13. The Morgan fingerprint density at radius 2 is 1.81 bits per heavy atom. The van der Waals surface area contributed by atoms with E-state index in [0.29, 0.717) is 0 Å². The van der Waals surface area contributed by atoms with E-state index in [1.165, 1.54) is 0 Å². The van der Waals surface area contributed by atoms with Crippen molar-refractivity contribution >= 4 is 10.0 Å². The second kappa shape index (κ2) is 4.50. The molecule has 1 heterocycles. The second-order valence-corrected chi connectivity index (χ2v) is 5.95. The number of halogens is 3. The van der Waals surface area contributed by atoms with Crippen LogP contribution in [0.25, 0.3) is 0 Å². The first-order valence-corrected chi connectivity index (χ1v) is 6.78. The number of alkyl halides is 3. The number of sulfonamides is 1. The third-order valence-electron chi connectivity index (χ3n) is 2.83. The Labute approximate surface area is 92.6 Å². The van der Waals surface area contributed by atoms with Gasteiger partial charge >= 0.3 is 6.18 Å². The van der Waals surface area contributed by atoms with Crippen molar-refractivity contribution in [2.75, 3.05) is 25.9 Å². The highest BCUT2D eigenvalue weighted by Gasteiger charge is 2.54. The summed E-state index contributed by atoms with van der Waals surface area (Å²) in [5.74, 6) is 0. The predicted molar refractivity (Wildman–Crippen MR) is 53.4 cm³/mol. The Bertz CT molecular complexity index is 334. The van der Waals surface area contributed by atoms with E-state index in [2.05, 4.69) is 5.32 Å². The molecule has 0 saturated carbocycles. The number of hydrogen-bond donors (Lipinski definition) is 2. The SMILES string of the molecule is CS(=O)(=O)NCC1(C(F)(F)F)CCNCC1. The molecule has 0 radical (unpaired) electrons. The number of hydrogen-bond acceptors (Lipinski definition) is 3. The molecule has 16 heavy (non-hydrogen) atoms. The van der Waals surface area contributed by atoms with Gasteiger partial charge in [-0.2, -0.15) is 13.2 Å². The summed E-state index contributed by atoms with van der Waals surface area (Å²) in [4.78, 5) is 0. The van der Waals surface area contributed by atoms with E-state index >= 15 is 0 Å². The van der Waals surface area contributed by atoms with Crippen LogP contribution in [0.3, 0.4) is 0 Å². The van der Waals surface area contributed by atoms with Crippen LogP contribution in [0, 0.1) is 5.41 Å². The van der Waals surface area contributed by atoms with E-state index in [0.717, 1.165) is 6.26 Å². The molecule has 0 spiro atoms. The molecule has 1 aliphatic heterocycles. The molecule has 2 N–H and O–H groups in total. The highest BCUT2D eigenvalue weighted by Crippen LogP contribution is 2.44. The van der Waals surface area contributed by atoms with Crippen molar-refractivity contribution in [3.05, 3.63) is 0 Å². The molecule has 1 aliphatic rings. The van der Waals surface area contributed by atoms with Crippen molar-refractivity contribution in [1.82, 2.24) is 10.0 Å². The average molecular weight is 260 g/mol. The van der Waals surface area contributed by atoms with Crippen LogP contribution in [0.2, 0.25) is 0 Å². The highest BCUT2D eigenvalue weighted by molar-refractivity contribution is 7.88. The van der Waals surface area contributed by atoms with Crippen LogP contribution in [-0.2, 0) is 10.0 Å². The van der Waals surface area contributed by atoms with Gasteiger partial charge in [-0.1, -0.05) is 0 Å². The van der Waals surface area contributed by atoms with Gasteiger partial charge in [0.15, 0.2) is 0 Å². The molecule has 0 aromatic heterocycles. The minimum atomic E-state index is -4.38. The Hall–Kier alpha value is -0.340. The normalized spacial score (nSPS) is 22.0. The first-order valence-electron chi connectivity index (χ1n) is 4.88. The molecule has 0 aromatic carbocycles. The summed E-state index contributed by atoms with van der Waals surface area (Å²) in [5, 5.41) is 2.83. The minimum Gasteiger partial charge on any atom is -0.317 e. The van der Waals surface area contributed by atoms with Crippen molar-refractivity contribution in [2.24, 2.45) is 5.41 Å². The van der Waals surface area contributed by atoms with E-state index in [-0.39, 0.29) is 25.9 Å². The first kappa shape index (κ1) is 13.7. The zero-order chi connectivity index (χ0) is 12.4. The topological polar surface area (TPSA) is 58.2 Å². The summed E-state index contributed by atoms with van der Waals surface area (Å²) in [5.41, 5.74) is -1.93. The van der Waals surface area contributed by atoms with Crippen molar-refractivity contribution in [2.45, 2.75) is 19.0 Å². The number of piperidine rings is 1. The van der Waals surface area contributed by atoms with Crippen molar-refractivity contribution < 1.29 is 21.6 Å². The lowest BCUT2D eigenvalue weighted by molar-refractivity contribution is -0.229. The maximum atomic E-state index is 12.9. The van der Waals surface area contributed by atoms with Gasteiger partial charge in [0.1, 0.15) is 0 Å². The third kappa shape index (κ3) is 3.33. The van der Waals surface area contributed by atoms with Crippen LogP contribution >= 0.6 is 0 Å². The van der Waals surface area contributed by atoms with Crippen LogP contribution < -0.4 is 10.0 Å². The molecule has 8 heteroatoms. The standard InChI is InChI=1S/C8H15F3N2O2S/c1-16(14,15)13-6-7(8(9,10)11)2-4-12-5-3-7/h12-13H,2-6H2,1H3. The Morgan fingerprint density at radius 1 is 1.31 bits per heavy atom. The summed E-state index contributed by atoms with van der Waals surface area (Å²) in [6, 6.07) is 0. The van der Waals surface area contributed by atoms with Gasteiger partial charge in [0, 0.05) is 6.54 Å². The van der Waals surface area contributed by atoms with Crippen LogP contribution in [-0.4, -0.2) is 40.5 Å². The van der Waals surface area contributed by atoms with E-state index < -0.39 is 28.2 Å². The molecule has 1 saturated heterocycles. The fraction of sp³-hybridized carbons (Fsp3) is 1.00. The van der Waals surface area contributed by atoms with Gasteiger partial charge in [0.05, 0.1) is 11.7 Å². The molecule has 0 bridgehead atoms. The summed E-state index contributed by atoms with van der Waals surface area (Å²) >= 11 is 0. The molecule has 4 nitrogen and oxygen atoms in total. The van der Waals surface area contributed by atoms with Crippen molar-refractivity contribution in [3.8, 4) is 0 Å². The molecular weight excluding hydrogens is 245 g/mol. The van der Waals surface area contributed by atoms with Crippen LogP contribution in [0.15, 0.2) is 0 Å². The molecule has 1 rings (SSSR count). The van der Waals surface area contributed by atoms with Crippen LogP contribution in [0.5, 0.6) is 0 Å². The van der Waals surface area contributed by atoms with Gasteiger partial charge in [0.25, 0.3) is 0 Å².